The molecule has 1 aromatic carbocycles. The highest BCUT2D eigenvalue weighted by Crippen LogP contribution is 2.31. The minimum atomic E-state index is -0.901. The molecule has 0 aliphatic heterocycles. The van der Waals surface area contributed by atoms with E-state index in [4.69, 9.17) is 0 Å². The highest BCUT2D eigenvalue weighted by atomic mass is 16.4. The van der Waals surface area contributed by atoms with Crippen LogP contribution in [0.5, 0.6) is 0 Å². The standard InChI is InChI=1S/C18H24N2O4/c1-11(2)16(21)19-12-7-9-13(10-8-12)20-17(22)14-5-3-4-6-15(14)18(23)24/h7-11,14-15H,3-6H2,1-2H3,(H,19,21)(H,20,22)(H,23,24). The van der Waals surface area contributed by atoms with Crippen molar-refractivity contribution in [3.63, 3.8) is 0 Å². The average molecular weight is 332 g/mol. The van der Waals surface area contributed by atoms with Gasteiger partial charge in [-0.3, -0.25) is 14.4 Å². The zero-order valence-corrected chi connectivity index (χ0v) is 14.0. The lowest BCUT2D eigenvalue weighted by molar-refractivity contribution is -0.147. The van der Waals surface area contributed by atoms with E-state index in [0.29, 0.717) is 24.2 Å². The number of carboxylic acids is 1. The van der Waals surface area contributed by atoms with Crippen LogP contribution in [0.15, 0.2) is 24.3 Å². The number of aliphatic carboxylic acids is 1. The Morgan fingerprint density at radius 2 is 1.46 bits per heavy atom. The number of rotatable bonds is 5. The highest BCUT2D eigenvalue weighted by Gasteiger charge is 2.35. The molecule has 2 amide bonds. The fraction of sp³-hybridized carbons (Fsp3) is 0.500. The van der Waals surface area contributed by atoms with Crippen LogP contribution >= 0.6 is 0 Å². The van der Waals surface area contributed by atoms with Crippen molar-refractivity contribution in [1.29, 1.82) is 0 Å². The lowest BCUT2D eigenvalue weighted by Gasteiger charge is -2.27. The smallest absolute Gasteiger partial charge is 0.307 e. The summed E-state index contributed by atoms with van der Waals surface area (Å²) in [6.45, 7) is 3.62. The summed E-state index contributed by atoms with van der Waals surface area (Å²) in [6.07, 6.45) is 2.88. The molecule has 0 saturated heterocycles. The van der Waals surface area contributed by atoms with Gasteiger partial charge in [0.05, 0.1) is 11.8 Å². The van der Waals surface area contributed by atoms with E-state index in [1.54, 1.807) is 24.3 Å². The Labute approximate surface area is 141 Å². The van der Waals surface area contributed by atoms with Gasteiger partial charge in [0.2, 0.25) is 11.8 Å². The summed E-state index contributed by atoms with van der Waals surface area (Å²) in [5, 5.41) is 14.8. The Balaban J connectivity index is 1.98. The van der Waals surface area contributed by atoms with E-state index in [0.717, 1.165) is 12.8 Å². The van der Waals surface area contributed by atoms with Crippen LogP contribution in [0.2, 0.25) is 0 Å². The maximum atomic E-state index is 12.4. The molecule has 6 nitrogen and oxygen atoms in total. The van der Waals surface area contributed by atoms with E-state index in [1.165, 1.54) is 0 Å². The van der Waals surface area contributed by atoms with Crippen LogP contribution in [-0.2, 0) is 14.4 Å². The van der Waals surface area contributed by atoms with Crippen molar-refractivity contribution in [1.82, 2.24) is 0 Å². The third-order valence-electron chi connectivity index (χ3n) is 4.36. The molecule has 2 atom stereocenters. The Morgan fingerprint density at radius 3 is 1.96 bits per heavy atom. The van der Waals surface area contributed by atoms with Crippen molar-refractivity contribution in [3.05, 3.63) is 24.3 Å². The van der Waals surface area contributed by atoms with E-state index in [9.17, 15) is 19.5 Å². The molecular formula is C18H24N2O4. The Bertz CT molecular complexity index is 610. The minimum absolute atomic E-state index is 0.0710. The summed E-state index contributed by atoms with van der Waals surface area (Å²) in [6, 6.07) is 6.83. The normalized spacial score (nSPS) is 20.5. The fourth-order valence-electron chi connectivity index (χ4n) is 2.90. The summed E-state index contributed by atoms with van der Waals surface area (Å²) < 4.78 is 0. The third kappa shape index (κ3) is 4.57. The first kappa shape index (κ1) is 18.0. The molecule has 2 unspecified atom stereocenters. The Hall–Kier alpha value is -2.37. The first-order valence-electron chi connectivity index (χ1n) is 8.33. The van der Waals surface area contributed by atoms with Gasteiger partial charge in [-0.1, -0.05) is 26.7 Å². The number of carbonyl (C=O) groups excluding carboxylic acids is 2. The van der Waals surface area contributed by atoms with Crippen molar-refractivity contribution in [2.45, 2.75) is 39.5 Å². The predicted molar refractivity (Wildman–Crippen MR) is 91.6 cm³/mol. The SMILES string of the molecule is CC(C)C(=O)Nc1ccc(NC(=O)C2CCCCC2C(=O)O)cc1. The molecule has 1 aromatic rings. The molecule has 1 fully saturated rings. The summed E-state index contributed by atoms with van der Waals surface area (Å²) in [7, 11) is 0. The lowest BCUT2D eigenvalue weighted by atomic mass is 9.78. The largest absolute Gasteiger partial charge is 0.481 e. The maximum absolute atomic E-state index is 12.4. The van der Waals surface area contributed by atoms with Crippen LogP contribution in [0.25, 0.3) is 0 Å². The van der Waals surface area contributed by atoms with Gasteiger partial charge in [-0.05, 0) is 37.1 Å². The van der Waals surface area contributed by atoms with Gasteiger partial charge in [0, 0.05) is 17.3 Å². The number of benzene rings is 1. The quantitative estimate of drug-likeness (QED) is 0.772. The van der Waals surface area contributed by atoms with Gasteiger partial charge >= 0.3 is 5.97 Å². The second-order valence-electron chi connectivity index (χ2n) is 6.55. The van der Waals surface area contributed by atoms with Gasteiger partial charge in [0.1, 0.15) is 0 Å². The summed E-state index contributed by atoms with van der Waals surface area (Å²) >= 11 is 0. The maximum Gasteiger partial charge on any atom is 0.307 e. The molecule has 1 saturated carbocycles. The molecule has 0 radical (unpaired) electrons. The number of carboxylic acid groups (broad SMARTS) is 1. The molecule has 3 N–H and O–H groups in total. The van der Waals surface area contributed by atoms with E-state index < -0.39 is 17.8 Å². The summed E-state index contributed by atoms with van der Waals surface area (Å²) in [4.78, 5) is 35.3. The molecule has 2 rings (SSSR count). The predicted octanol–water partition coefficient (Wildman–Crippen LogP) is 3.11. The number of nitrogens with one attached hydrogen (secondary N) is 2. The Kier molecular flexibility index (Phi) is 5.95. The van der Waals surface area contributed by atoms with Crippen LogP contribution in [0.4, 0.5) is 11.4 Å². The first-order chi connectivity index (χ1) is 11.4. The number of hydrogen-bond acceptors (Lipinski definition) is 3. The van der Waals surface area contributed by atoms with Crippen molar-refractivity contribution in [3.8, 4) is 0 Å². The number of anilines is 2. The fourth-order valence-corrected chi connectivity index (χ4v) is 2.90. The molecule has 0 spiro atoms. The topological polar surface area (TPSA) is 95.5 Å². The number of amides is 2. The second kappa shape index (κ2) is 7.95. The van der Waals surface area contributed by atoms with Crippen LogP contribution in [-0.4, -0.2) is 22.9 Å². The van der Waals surface area contributed by atoms with Crippen LogP contribution in [0.3, 0.4) is 0 Å². The number of hydrogen-bond donors (Lipinski definition) is 3. The molecular weight excluding hydrogens is 308 g/mol. The van der Waals surface area contributed by atoms with Gasteiger partial charge in [0.15, 0.2) is 0 Å². The average Bonchev–Trinajstić information content (AvgIpc) is 2.56. The zero-order valence-electron chi connectivity index (χ0n) is 14.0. The molecule has 6 heteroatoms. The van der Waals surface area contributed by atoms with E-state index in [-0.39, 0.29) is 17.7 Å². The minimum Gasteiger partial charge on any atom is -0.481 e. The monoisotopic (exact) mass is 332 g/mol. The van der Waals surface area contributed by atoms with Gasteiger partial charge in [-0.25, -0.2) is 0 Å². The third-order valence-corrected chi connectivity index (χ3v) is 4.36. The Morgan fingerprint density at radius 1 is 0.958 bits per heavy atom. The van der Waals surface area contributed by atoms with Crippen molar-refractivity contribution >= 4 is 29.2 Å². The number of carbonyl (C=O) groups is 3. The van der Waals surface area contributed by atoms with Crippen molar-refractivity contribution in [2.24, 2.45) is 17.8 Å². The van der Waals surface area contributed by atoms with Crippen LogP contribution in [0.1, 0.15) is 39.5 Å². The van der Waals surface area contributed by atoms with Crippen molar-refractivity contribution < 1.29 is 19.5 Å². The van der Waals surface area contributed by atoms with Crippen molar-refractivity contribution in [2.75, 3.05) is 10.6 Å². The highest BCUT2D eigenvalue weighted by molar-refractivity contribution is 5.96. The van der Waals surface area contributed by atoms with Gasteiger partial charge in [0.25, 0.3) is 0 Å². The van der Waals surface area contributed by atoms with Gasteiger partial charge in [-0.15, -0.1) is 0 Å². The van der Waals surface area contributed by atoms with Crippen LogP contribution in [0, 0.1) is 17.8 Å². The molecule has 0 heterocycles. The first-order valence-corrected chi connectivity index (χ1v) is 8.33. The molecule has 0 bridgehead atoms. The summed E-state index contributed by atoms with van der Waals surface area (Å²) in [5.74, 6) is -2.43. The second-order valence-corrected chi connectivity index (χ2v) is 6.55. The van der Waals surface area contributed by atoms with Gasteiger partial charge < -0.3 is 15.7 Å². The summed E-state index contributed by atoms with van der Waals surface area (Å²) in [5.41, 5.74) is 1.25. The van der Waals surface area contributed by atoms with E-state index in [1.807, 2.05) is 13.8 Å². The van der Waals surface area contributed by atoms with E-state index in [2.05, 4.69) is 10.6 Å². The molecule has 130 valence electrons. The molecule has 24 heavy (non-hydrogen) atoms. The van der Waals surface area contributed by atoms with E-state index >= 15 is 0 Å². The molecule has 0 aromatic heterocycles. The molecule has 1 aliphatic carbocycles. The lowest BCUT2D eigenvalue weighted by Crippen LogP contribution is -2.36. The van der Waals surface area contributed by atoms with Crippen LogP contribution < -0.4 is 10.6 Å². The van der Waals surface area contributed by atoms with Gasteiger partial charge in [-0.2, -0.15) is 0 Å². The zero-order chi connectivity index (χ0) is 17.7. The molecule has 1 aliphatic rings.